The standard InChI is InChI=1S/C17H27BN2O4/c1-15(2,3)9-11-8-12(10-20-13(11)22-14(19)21)18-23-16(4,5)17(6,7)24-18/h8,10H,9H2,1-7H3,(H2,19,21). The third kappa shape index (κ3) is 4.08. The van der Waals surface area contributed by atoms with E-state index in [1.807, 2.05) is 33.8 Å². The third-order valence-electron chi connectivity index (χ3n) is 4.39. The van der Waals surface area contributed by atoms with Crippen LogP contribution in [0.25, 0.3) is 0 Å². The molecule has 0 atom stereocenters. The molecule has 0 spiro atoms. The van der Waals surface area contributed by atoms with E-state index in [0.717, 1.165) is 11.0 Å². The van der Waals surface area contributed by atoms with Crippen LogP contribution in [-0.4, -0.2) is 29.4 Å². The number of amides is 1. The van der Waals surface area contributed by atoms with Crippen LogP contribution < -0.4 is 15.9 Å². The number of hydrogen-bond donors (Lipinski definition) is 1. The molecule has 1 amide bonds. The molecule has 0 aromatic carbocycles. The largest absolute Gasteiger partial charge is 0.496 e. The molecule has 0 saturated carbocycles. The van der Waals surface area contributed by atoms with Gasteiger partial charge in [0.15, 0.2) is 0 Å². The van der Waals surface area contributed by atoms with E-state index >= 15 is 0 Å². The lowest BCUT2D eigenvalue weighted by Gasteiger charge is -2.32. The van der Waals surface area contributed by atoms with E-state index in [9.17, 15) is 4.79 Å². The van der Waals surface area contributed by atoms with Crippen LogP contribution in [0.4, 0.5) is 4.79 Å². The van der Waals surface area contributed by atoms with E-state index in [1.54, 1.807) is 6.20 Å². The Balaban J connectivity index is 2.36. The Morgan fingerprint density at radius 3 is 2.25 bits per heavy atom. The lowest BCUT2D eigenvalue weighted by molar-refractivity contribution is 0.00578. The maximum absolute atomic E-state index is 11.1. The molecule has 6 nitrogen and oxygen atoms in total. The number of nitrogens with zero attached hydrogens (tertiary/aromatic N) is 1. The van der Waals surface area contributed by atoms with Gasteiger partial charge < -0.3 is 19.8 Å². The molecule has 0 bridgehead atoms. The summed E-state index contributed by atoms with van der Waals surface area (Å²) in [6, 6.07) is 1.92. The summed E-state index contributed by atoms with van der Waals surface area (Å²) in [5, 5.41) is 0. The molecule has 1 aromatic rings. The van der Waals surface area contributed by atoms with Crippen LogP contribution in [0.1, 0.15) is 54.0 Å². The fourth-order valence-corrected chi connectivity index (χ4v) is 2.51. The Kier molecular flexibility index (Phi) is 4.72. The van der Waals surface area contributed by atoms with Gasteiger partial charge in [0.2, 0.25) is 5.88 Å². The number of rotatable bonds is 3. The van der Waals surface area contributed by atoms with Crippen LogP contribution in [-0.2, 0) is 15.7 Å². The van der Waals surface area contributed by atoms with Crippen LogP contribution in [0, 0.1) is 5.41 Å². The van der Waals surface area contributed by atoms with Crippen molar-refractivity contribution >= 4 is 18.7 Å². The number of pyridine rings is 1. The van der Waals surface area contributed by atoms with Gasteiger partial charge in [0, 0.05) is 17.2 Å². The molecule has 24 heavy (non-hydrogen) atoms. The summed E-state index contributed by atoms with van der Waals surface area (Å²) in [4.78, 5) is 15.4. The van der Waals surface area contributed by atoms with Crippen molar-refractivity contribution in [1.29, 1.82) is 0 Å². The topological polar surface area (TPSA) is 83.7 Å². The summed E-state index contributed by atoms with van der Waals surface area (Å²) in [6.45, 7) is 14.3. The zero-order valence-corrected chi connectivity index (χ0v) is 15.6. The summed E-state index contributed by atoms with van der Waals surface area (Å²) >= 11 is 0. The van der Waals surface area contributed by atoms with Gasteiger partial charge in [0.25, 0.3) is 0 Å². The molecule has 132 valence electrons. The van der Waals surface area contributed by atoms with Gasteiger partial charge in [-0.25, -0.2) is 9.78 Å². The van der Waals surface area contributed by atoms with Crippen molar-refractivity contribution in [2.75, 3.05) is 0 Å². The third-order valence-corrected chi connectivity index (χ3v) is 4.39. The number of aromatic nitrogens is 1. The predicted molar refractivity (Wildman–Crippen MR) is 93.3 cm³/mol. The van der Waals surface area contributed by atoms with Gasteiger partial charge in [-0.2, -0.15) is 0 Å². The quantitative estimate of drug-likeness (QED) is 0.858. The lowest BCUT2D eigenvalue weighted by Crippen LogP contribution is -2.41. The van der Waals surface area contributed by atoms with Crippen molar-refractivity contribution in [2.45, 2.75) is 66.1 Å². The van der Waals surface area contributed by atoms with Crippen molar-refractivity contribution in [1.82, 2.24) is 4.98 Å². The highest BCUT2D eigenvalue weighted by molar-refractivity contribution is 6.62. The number of primary amides is 1. The number of nitrogens with two attached hydrogens (primary N) is 1. The molecule has 7 heteroatoms. The second-order valence-corrected chi connectivity index (χ2v) is 8.48. The maximum atomic E-state index is 11.1. The average molecular weight is 334 g/mol. The molecule has 1 aliphatic rings. The smallest absolute Gasteiger partial charge is 0.399 e. The second kappa shape index (κ2) is 6.04. The van der Waals surface area contributed by atoms with Gasteiger partial charge in [-0.05, 0) is 39.5 Å². The van der Waals surface area contributed by atoms with Crippen molar-refractivity contribution in [3.63, 3.8) is 0 Å². The van der Waals surface area contributed by atoms with Crippen molar-refractivity contribution < 1.29 is 18.8 Å². The summed E-state index contributed by atoms with van der Waals surface area (Å²) < 4.78 is 17.2. The Morgan fingerprint density at radius 1 is 1.25 bits per heavy atom. The fraction of sp³-hybridized carbons (Fsp3) is 0.647. The highest BCUT2D eigenvalue weighted by atomic mass is 16.7. The normalized spacial score (nSPS) is 19.4. The molecule has 0 aliphatic carbocycles. The summed E-state index contributed by atoms with van der Waals surface area (Å²) in [6.07, 6.45) is 1.41. The summed E-state index contributed by atoms with van der Waals surface area (Å²) in [7, 11) is -0.510. The summed E-state index contributed by atoms with van der Waals surface area (Å²) in [5.74, 6) is 0.234. The van der Waals surface area contributed by atoms with Crippen molar-refractivity contribution in [3.05, 3.63) is 17.8 Å². The van der Waals surface area contributed by atoms with Crippen LogP contribution in [0.3, 0.4) is 0 Å². The van der Waals surface area contributed by atoms with Crippen LogP contribution in [0.5, 0.6) is 5.88 Å². The minimum absolute atomic E-state index is 0.00795. The van der Waals surface area contributed by atoms with Gasteiger partial charge in [0.1, 0.15) is 0 Å². The molecule has 0 unspecified atom stereocenters. The number of ether oxygens (including phenoxy) is 1. The Hall–Kier alpha value is -1.60. The fourth-order valence-electron chi connectivity index (χ4n) is 2.51. The zero-order chi connectivity index (χ0) is 18.3. The minimum atomic E-state index is -0.874. The molecule has 2 rings (SSSR count). The molecule has 2 N–H and O–H groups in total. The molecule has 1 fully saturated rings. The second-order valence-electron chi connectivity index (χ2n) is 8.48. The van der Waals surface area contributed by atoms with Crippen LogP contribution in [0.15, 0.2) is 12.3 Å². The number of carbonyl (C=O) groups excluding carboxylic acids is 1. The monoisotopic (exact) mass is 334 g/mol. The van der Waals surface area contributed by atoms with Gasteiger partial charge in [-0.3, -0.25) is 0 Å². The Bertz CT molecular complexity index is 622. The van der Waals surface area contributed by atoms with Gasteiger partial charge >= 0.3 is 13.2 Å². The molecule has 0 radical (unpaired) electrons. The molecular weight excluding hydrogens is 307 g/mol. The van der Waals surface area contributed by atoms with E-state index in [1.165, 1.54) is 0 Å². The zero-order valence-electron chi connectivity index (χ0n) is 15.6. The van der Waals surface area contributed by atoms with Gasteiger partial charge in [-0.1, -0.05) is 26.8 Å². The van der Waals surface area contributed by atoms with E-state index in [2.05, 4.69) is 25.8 Å². The van der Waals surface area contributed by atoms with E-state index in [0.29, 0.717) is 6.42 Å². The SMILES string of the molecule is CC(C)(C)Cc1cc(B2OC(C)(C)C(C)(C)O2)cnc1OC(N)=O. The predicted octanol–water partition coefficient (Wildman–Crippen LogP) is 2.43. The molecular formula is C17H27BN2O4. The highest BCUT2D eigenvalue weighted by Crippen LogP contribution is 2.36. The van der Waals surface area contributed by atoms with Crippen LogP contribution >= 0.6 is 0 Å². The molecule has 2 heterocycles. The number of hydrogen-bond acceptors (Lipinski definition) is 5. The van der Waals surface area contributed by atoms with Crippen molar-refractivity contribution in [2.24, 2.45) is 11.1 Å². The van der Waals surface area contributed by atoms with Gasteiger partial charge in [-0.15, -0.1) is 0 Å². The van der Waals surface area contributed by atoms with E-state index in [-0.39, 0.29) is 11.3 Å². The Labute approximate surface area is 144 Å². The first-order chi connectivity index (χ1) is 10.8. The van der Waals surface area contributed by atoms with Crippen LogP contribution in [0.2, 0.25) is 0 Å². The molecule has 1 saturated heterocycles. The highest BCUT2D eigenvalue weighted by Gasteiger charge is 2.52. The van der Waals surface area contributed by atoms with E-state index in [4.69, 9.17) is 19.8 Å². The van der Waals surface area contributed by atoms with Crippen molar-refractivity contribution in [3.8, 4) is 5.88 Å². The lowest BCUT2D eigenvalue weighted by atomic mass is 9.78. The first-order valence-electron chi connectivity index (χ1n) is 8.12. The average Bonchev–Trinajstić information content (AvgIpc) is 2.58. The minimum Gasteiger partial charge on any atom is -0.399 e. The van der Waals surface area contributed by atoms with E-state index < -0.39 is 24.4 Å². The first kappa shape index (κ1) is 18.7. The van der Waals surface area contributed by atoms with Gasteiger partial charge in [0.05, 0.1) is 11.2 Å². The first-order valence-corrected chi connectivity index (χ1v) is 8.12. The summed E-state index contributed by atoms with van der Waals surface area (Å²) in [5.41, 5.74) is 5.87. The maximum Gasteiger partial charge on any atom is 0.496 e. The Morgan fingerprint density at radius 2 is 1.79 bits per heavy atom. The number of carbonyl (C=O) groups is 1. The molecule has 1 aromatic heterocycles. The molecule has 1 aliphatic heterocycles.